The molecule has 0 aliphatic rings. The zero-order chi connectivity index (χ0) is 10.3. The first kappa shape index (κ1) is 8.94. The SMILES string of the molecule is Cc1cc(C)n2c(=O)cc(C)nc2c1. The minimum atomic E-state index is -0.00926. The van der Waals surface area contributed by atoms with Crippen LogP contribution in [0.3, 0.4) is 0 Å². The van der Waals surface area contributed by atoms with Crippen LogP contribution in [0, 0.1) is 20.8 Å². The van der Waals surface area contributed by atoms with Gasteiger partial charge in [-0.05, 0) is 38.5 Å². The van der Waals surface area contributed by atoms with Crippen molar-refractivity contribution in [3.8, 4) is 0 Å². The van der Waals surface area contributed by atoms with Crippen LogP contribution in [0.25, 0.3) is 5.65 Å². The molecule has 0 saturated heterocycles. The summed E-state index contributed by atoms with van der Waals surface area (Å²) in [4.78, 5) is 16.0. The van der Waals surface area contributed by atoms with E-state index in [2.05, 4.69) is 4.98 Å². The smallest absolute Gasteiger partial charge is 0.258 e. The van der Waals surface area contributed by atoms with Crippen molar-refractivity contribution in [2.75, 3.05) is 0 Å². The zero-order valence-electron chi connectivity index (χ0n) is 8.53. The molecule has 0 aliphatic heterocycles. The number of hydrogen-bond acceptors (Lipinski definition) is 2. The second-order valence-corrected chi connectivity index (χ2v) is 3.60. The number of rotatable bonds is 0. The van der Waals surface area contributed by atoms with E-state index in [1.807, 2.05) is 32.9 Å². The lowest BCUT2D eigenvalue weighted by molar-refractivity contribution is 0.967. The summed E-state index contributed by atoms with van der Waals surface area (Å²) in [5.74, 6) is 0. The molecule has 0 radical (unpaired) electrons. The maximum atomic E-state index is 11.7. The molecule has 0 bridgehead atoms. The predicted molar refractivity (Wildman–Crippen MR) is 55.7 cm³/mol. The number of fused-ring (bicyclic) bond motifs is 1. The number of aryl methyl sites for hydroxylation is 3. The maximum absolute atomic E-state index is 11.7. The fourth-order valence-electron chi connectivity index (χ4n) is 1.71. The van der Waals surface area contributed by atoms with Crippen LogP contribution in [0.2, 0.25) is 0 Å². The van der Waals surface area contributed by atoms with Crippen LogP contribution < -0.4 is 5.56 Å². The van der Waals surface area contributed by atoms with Gasteiger partial charge in [-0.2, -0.15) is 0 Å². The third-order valence-electron chi connectivity index (χ3n) is 2.22. The molecule has 2 aromatic heterocycles. The first-order valence-corrected chi connectivity index (χ1v) is 4.55. The van der Waals surface area contributed by atoms with Gasteiger partial charge in [-0.15, -0.1) is 0 Å². The normalized spacial score (nSPS) is 10.8. The monoisotopic (exact) mass is 188 g/mol. The standard InChI is InChI=1S/C11H12N2O/c1-7-4-9(3)13-10(5-7)12-8(2)6-11(13)14/h4-6H,1-3H3. The molecule has 0 aromatic carbocycles. The molecule has 2 rings (SSSR count). The fraction of sp³-hybridized carbons (Fsp3) is 0.273. The predicted octanol–water partition coefficient (Wildman–Crippen LogP) is 1.62. The topological polar surface area (TPSA) is 34.4 Å². The summed E-state index contributed by atoms with van der Waals surface area (Å²) < 4.78 is 1.62. The van der Waals surface area contributed by atoms with Gasteiger partial charge in [0.1, 0.15) is 5.65 Å². The Kier molecular flexibility index (Phi) is 1.88. The van der Waals surface area contributed by atoms with Crippen LogP contribution in [0.1, 0.15) is 17.0 Å². The lowest BCUT2D eigenvalue weighted by atomic mass is 10.2. The van der Waals surface area contributed by atoms with Crippen molar-refractivity contribution in [2.45, 2.75) is 20.8 Å². The molecule has 0 spiro atoms. The average molecular weight is 188 g/mol. The highest BCUT2D eigenvalue weighted by molar-refractivity contribution is 5.43. The molecule has 0 amide bonds. The first-order valence-electron chi connectivity index (χ1n) is 4.55. The van der Waals surface area contributed by atoms with E-state index in [0.29, 0.717) is 0 Å². The van der Waals surface area contributed by atoms with E-state index in [-0.39, 0.29) is 5.56 Å². The van der Waals surface area contributed by atoms with E-state index in [1.165, 1.54) is 0 Å². The first-order chi connectivity index (χ1) is 6.58. The van der Waals surface area contributed by atoms with Gasteiger partial charge in [-0.25, -0.2) is 4.98 Å². The van der Waals surface area contributed by atoms with Gasteiger partial charge in [-0.3, -0.25) is 9.20 Å². The fourth-order valence-corrected chi connectivity index (χ4v) is 1.71. The van der Waals surface area contributed by atoms with E-state index in [9.17, 15) is 4.79 Å². The minimum absolute atomic E-state index is 0.00926. The second-order valence-electron chi connectivity index (χ2n) is 3.60. The summed E-state index contributed by atoms with van der Waals surface area (Å²) in [5, 5.41) is 0. The summed E-state index contributed by atoms with van der Waals surface area (Å²) in [6.07, 6.45) is 0. The van der Waals surface area contributed by atoms with Crippen molar-refractivity contribution in [2.24, 2.45) is 0 Å². The zero-order valence-corrected chi connectivity index (χ0v) is 8.53. The van der Waals surface area contributed by atoms with E-state index in [1.54, 1.807) is 10.5 Å². The molecule has 3 heteroatoms. The summed E-state index contributed by atoms with van der Waals surface area (Å²) in [6.45, 7) is 5.75. The van der Waals surface area contributed by atoms with Crippen LogP contribution in [0.4, 0.5) is 0 Å². The third-order valence-corrected chi connectivity index (χ3v) is 2.22. The average Bonchev–Trinajstić information content (AvgIpc) is 1.99. The minimum Gasteiger partial charge on any atom is -0.269 e. The Morgan fingerprint density at radius 2 is 1.86 bits per heavy atom. The van der Waals surface area contributed by atoms with Crippen LogP contribution in [0.5, 0.6) is 0 Å². The Balaban J connectivity index is 3.02. The molecule has 2 aromatic rings. The lowest BCUT2D eigenvalue weighted by Crippen LogP contribution is -2.16. The molecule has 72 valence electrons. The summed E-state index contributed by atoms with van der Waals surface area (Å²) in [5.41, 5.74) is 3.54. The quantitative estimate of drug-likeness (QED) is 0.629. The Bertz CT molecular complexity index is 550. The Morgan fingerprint density at radius 3 is 2.57 bits per heavy atom. The Morgan fingerprint density at radius 1 is 1.14 bits per heavy atom. The van der Waals surface area contributed by atoms with Gasteiger partial charge < -0.3 is 0 Å². The highest BCUT2D eigenvalue weighted by Crippen LogP contribution is 2.06. The molecule has 0 saturated carbocycles. The molecule has 2 heterocycles. The third kappa shape index (κ3) is 1.31. The van der Waals surface area contributed by atoms with Crippen LogP contribution >= 0.6 is 0 Å². The Hall–Kier alpha value is -1.64. The van der Waals surface area contributed by atoms with Gasteiger partial charge >= 0.3 is 0 Å². The second kappa shape index (κ2) is 2.94. The van der Waals surface area contributed by atoms with Crippen LogP contribution in [-0.2, 0) is 0 Å². The molecule has 14 heavy (non-hydrogen) atoms. The van der Waals surface area contributed by atoms with Crippen molar-refractivity contribution in [3.63, 3.8) is 0 Å². The van der Waals surface area contributed by atoms with Crippen molar-refractivity contribution >= 4 is 5.65 Å². The summed E-state index contributed by atoms with van der Waals surface area (Å²) in [7, 11) is 0. The largest absolute Gasteiger partial charge is 0.269 e. The van der Waals surface area contributed by atoms with E-state index in [0.717, 1.165) is 22.6 Å². The molecular formula is C11H12N2O. The van der Waals surface area contributed by atoms with Gasteiger partial charge in [0.05, 0.1) is 0 Å². The number of aromatic nitrogens is 2. The van der Waals surface area contributed by atoms with Crippen molar-refractivity contribution < 1.29 is 0 Å². The number of hydrogen-bond donors (Lipinski definition) is 0. The maximum Gasteiger partial charge on any atom is 0.258 e. The van der Waals surface area contributed by atoms with Gasteiger partial charge in [0, 0.05) is 17.5 Å². The number of nitrogens with zero attached hydrogens (tertiary/aromatic N) is 2. The van der Waals surface area contributed by atoms with E-state index >= 15 is 0 Å². The van der Waals surface area contributed by atoms with Gasteiger partial charge in [0.25, 0.3) is 5.56 Å². The van der Waals surface area contributed by atoms with Crippen molar-refractivity contribution in [1.82, 2.24) is 9.38 Å². The molecule has 0 atom stereocenters. The molecule has 0 fully saturated rings. The Labute approximate surface area is 82.0 Å². The van der Waals surface area contributed by atoms with Gasteiger partial charge in [0.15, 0.2) is 0 Å². The lowest BCUT2D eigenvalue weighted by Gasteiger charge is -2.05. The summed E-state index contributed by atoms with van der Waals surface area (Å²) >= 11 is 0. The van der Waals surface area contributed by atoms with Gasteiger partial charge in [-0.1, -0.05) is 0 Å². The van der Waals surface area contributed by atoms with Gasteiger partial charge in [0.2, 0.25) is 0 Å². The van der Waals surface area contributed by atoms with Crippen molar-refractivity contribution in [1.29, 1.82) is 0 Å². The van der Waals surface area contributed by atoms with Crippen LogP contribution in [-0.4, -0.2) is 9.38 Å². The van der Waals surface area contributed by atoms with E-state index in [4.69, 9.17) is 0 Å². The number of pyridine rings is 1. The molecule has 0 unspecified atom stereocenters. The van der Waals surface area contributed by atoms with E-state index < -0.39 is 0 Å². The molecule has 0 aliphatic carbocycles. The highest BCUT2D eigenvalue weighted by Gasteiger charge is 2.02. The van der Waals surface area contributed by atoms with Crippen LogP contribution in [0.15, 0.2) is 23.0 Å². The summed E-state index contributed by atoms with van der Waals surface area (Å²) in [6, 6.07) is 5.45. The highest BCUT2D eigenvalue weighted by atomic mass is 16.1. The molecule has 0 N–H and O–H groups in total. The molecule has 3 nitrogen and oxygen atoms in total. The molecular weight excluding hydrogens is 176 g/mol. The van der Waals surface area contributed by atoms with Crippen molar-refractivity contribution in [3.05, 3.63) is 45.5 Å².